The van der Waals surface area contributed by atoms with E-state index in [-0.39, 0.29) is 18.0 Å². The fourth-order valence-electron chi connectivity index (χ4n) is 1.11. The van der Waals surface area contributed by atoms with Crippen LogP contribution < -0.4 is 0 Å². The molecule has 0 unspecified atom stereocenters. The molecule has 1 heterocycles. The van der Waals surface area contributed by atoms with E-state index in [0.717, 1.165) is 6.07 Å². The molecule has 0 aromatic carbocycles. The zero-order valence-electron chi connectivity index (χ0n) is 7.72. The van der Waals surface area contributed by atoms with Gasteiger partial charge < -0.3 is 0 Å². The molecule has 0 atom stereocenters. The minimum Gasteiger partial charge on any atom is -0.298 e. The number of carbonyl (C=O) groups excluding carboxylic acids is 1. The van der Waals surface area contributed by atoms with Gasteiger partial charge in [-0.2, -0.15) is 18.3 Å². The highest BCUT2D eigenvalue weighted by Gasteiger charge is 2.35. The number of carbonyl (C=O) groups is 1. The number of hydrogen-bond donors (Lipinski definition) is 0. The number of alkyl halides is 3. The van der Waals surface area contributed by atoms with Gasteiger partial charge in [0.25, 0.3) is 0 Å². The quantitative estimate of drug-likeness (QED) is 0.739. The molecule has 1 rings (SSSR count). The summed E-state index contributed by atoms with van der Waals surface area (Å²) in [6.45, 7) is 2.33. The summed E-state index contributed by atoms with van der Waals surface area (Å²) >= 11 is 0. The van der Waals surface area contributed by atoms with E-state index in [4.69, 9.17) is 0 Å². The van der Waals surface area contributed by atoms with Crippen LogP contribution >= 0.6 is 0 Å². The second-order valence-corrected chi connectivity index (χ2v) is 3.03. The van der Waals surface area contributed by atoms with Crippen LogP contribution in [-0.2, 0) is 17.5 Å². The highest BCUT2D eigenvalue weighted by molar-refractivity contribution is 5.75. The summed E-state index contributed by atoms with van der Waals surface area (Å²) in [5.74, 6) is -0.362. The molecule has 0 amide bonds. The van der Waals surface area contributed by atoms with Crippen LogP contribution in [0.5, 0.6) is 0 Å². The van der Waals surface area contributed by atoms with Crippen molar-refractivity contribution in [2.75, 3.05) is 0 Å². The molecule has 1 aromatic rings. The average molecular weight is 206 g/mol. The largest absolute Gasteiger partial charge is 0.433 e. The molecule has 0 fully saturated rings. The SMILES string of the molecule is CC(=O)Cn1nc(C)cc1C(F)(F)F. The van der Waals surface area contributed by atoms with Crippen molar-refractivity contribution in [1.29, 1.82) is 0 Å². The molecular formula is C8H9F3N2O. The third-order valence-electron chi connectivity index (χ3n) is 1.56. The Balaban J connectivity index is 3.09. The number of nitrogens with zero attached hydrogens (tertiary/aromatic N) is 2. The monoisotopic (exact) mass is 206 g/mol. The highest BCUT2D eigenvalue weighted by Crippen LogP contribution is 2.29. The Morgan fingerprint density at radius 2 is 2.14 bits per heavy atom. The molecule has 0 spiro atoms. The maximum absolute atomic E-state index is 12.3. The van der Waals surface area contributed by atoms with Crippen LogP contribution in [0.15, 0.2) is 6.07 Å². The smallest absolute Gasteiger partial charge is 0.298 e. The van der Waals surface area contributed by atoms with E-state index < -0.39 is 11.9 Å². The summed E-state index contributed by atoms with van der Waals surface area (Å²) in [5, 5.41) is 3.59. The first kappa shape index (κ1) is 10.7. The van der Waals surface area contributed by atoms with Gasteiger partial charge in [0.2, 0.25) is 0 Å². The summed E-state index contributed by atoms with van der Waals surface area (Å²) in [5.41, 5.74) is -0.635. The summed E-state index contributed by atoms with van der Waals surface area (Å²) < 4.78 is 37.7. The molecule has 0 aliphatic carbocycles. The van der Waals surface area contributed by atoms with Gasteiger partial charge in [-0.1, -0.05) is 0 Å². The lowest BCUT2D eigenvalue weighted by Crippen LogP contribution is -2.17. The predicted molar refractivity (Wildman–Crippen MR) is 42.6 cm³/mol. The van der Waals surface area contributed by atoms with E-state index in [1.165, 1.54) is 13.8 Å². The van der Waals surface area contributed by atoms with Gasteiger partial charge in [0, 0.05) is 0 Å². The first-order chi connectivity index (χ1) is 6.30. The van der Waals surface area contributed by atoms with E-state index in [1.807, 2.05) is 0 Å². The van der Waals surface area contributed by atoms with Gasteiger partial charge in [-0.25, -0.2) is 0 Å². The predicted octanol–water partition coefficient (Wildman–Crippen LogP) is 1.80. The molecule has 0 saturated carbocycles. The van der Waals surface area contributed by atoms with Gasteiger partial charge in [0.1, 0.15) is 5.69 Å². The summed E-state index contributed by atoms with van der Waals surface area (Å²) in [6, 6.07) is 0.920. The van der Waals surface area contributed by atoms with Gasteiger partial charge >= 0.3 is 6.18 Å². The Hall–Kier alpha value is -1.33. The van der Waals surface area contributed by atoms with E-state index in [1.54, 1.807) is 0 Å². The van der Waals surface area contributed by atoms with Crippen molar-refractivity contribution in [1.82, 2.24) is 9.78 Å². The topological polar surface area (TPSA) is 34.9 Å². The Morgan fingerprint density at radius 3 is 2.57 bits per heavy atom. The van der Waals surface area contributed by atoms with Gasteiger partial charge in [-0.05, 0) is 19.9 Å². The lowest BCUT2D eigenvalue weighted by molar-refractivity contribution is -0.144. The first-order valence-corrected chi connectivity index (χ1v) is 3.92. The molecule has 0 aliphatic heterocycles. The minimum atomic E-state index is -4.46. The number of halogens is 3. The number of ketones is 1. The van der Waals surface area contributed by atoms with Gasteiger partial charge in [0.05, 0.1) is 12.2 Å². The van der Waals surface area contributed by atoms with Crippen LogP contribution in [0.25, 0.3) is 0 Å². The third-order valence-corrected chi connectivity index (χ3v) is 1.56. The second kappa shape index (κ2) is 3.43. The second-order valence-electron chi connectivity index (χ2n) is 3.03. The molecule has 0 saturated heterocycles. The Labute approximate surface area is 78.5 Å². The molecule has 6 heteroatoms. The van der Waals surface area contributed by atoms with E-state index in [9.17, 15) is 18.0 Å². The van der Waals surface area contributed by atoms with E-state index in [0.29, 0.717) is 4.68 Å². The van der Waals surface area contributed by atoms with Crippen molar-refractivity contribution < 1.29 is 18.0 Å². The molecule has 0 bridgehead atoms. The molecule has 0 N–H and O–H groups in total. The zero-order valence-corrected chi connectivity index (χ0v) is 7.72. The van der Waals surface area contributed by atoms with Crippen molar-refractivity contribution in [3.63, 3.8) is 0 Å². The van der Waals surface area contributed by atoms with Crippen molar-refractivity contribution >= 4 is 5.78 Å². The maximum Gasteiger partial charge on any atom is 0.433 e. The van der Waals surface area contributed by atoms with Crippen LogP contribution in [0, 0.1) is 6.92 Å². The van der Waals surface area contributed by atoms with Gasteiger partial charge in [0.15, 0.2) is 5.78 Å². The van der Waals surface area contributed by atoms with Crippen LogP contribution in [0.3, 0.4) is 0 Å². The molecule has 14 heavy (non-hydrogen) atoms. The lowest BCUT2D eigenvalue weighted by atomic mass is 10.3. The first-order valence-electron chi connectivity index (χ1n) is 3.92. The van der Waals surface area contributed by atoms with Crippen LogP contribution in [-0.4, -0.2) is 15.6 Å². The standard InChI is InChI=1S/C8H9F3N2O/c1-5-3-7(8(9,10)11)13(12-5)4-6(2)14/h3H,4H2,1-2H3. The van der Waals surface area contributed by atoms with Crippen molar-refractivity contribution in [2.24, 2.45) is 0 Å². The number of aromatic nitrogens is 2. The molecule has 3 nitrogen and oxygen atoms in total. The number of aryl methyl sites for hydroxylation is 1. The van der Waals surface area contributed by atoms with Crippen LogP contribution in [0.2, 0.25) is 0 Å². The Morgan fingerprint density at radius 1 is 1.57 bits per heavy atom. The molecular weight excluding hydrogens is 197 g/mol. The highest BCUT2D eigenvalue weighted by atomic mass is 19.4. The molecule has 1 aromatic heterocycles. The van der Waals surface area contributed by atoms with Crippen LogP contribution in [0.4, 0.5) is 13.2 Å². The summed E-state index contributed by atoms with van der Waals surface area (Å²) in [4.78, 5) is 10.7. The Bertz CT molecular complexity index is 354. The normalized spacial score (nSPS) is 11.8. The van der Waals surface area contributed by atoms with Crippen molar-refractivity contribution in [2.45, 2.75) is 26.6 Å². The van der Waals surface area contributed by atoms with Gasteiger partial charge in [-0.15, -0.1) is 0 Å². The summed E-state index contributed by atoms with van der Waals surface area (Å²) in [6.07, 6.45) is -4.46. The molecule has 0 radical (unpaired) electrons. The minimum absolute atomic E-state index is 0.249. The molecule has 78 valence electrons. The number of hydrogen-bond acceptors (Lipinski definition) is 2. The Kier molecular flexibility index (Phi) is 2.64. The number of Topliss-reactive ketones (excluding diaryl/α,β-unsaturated/α-hetero) is 1. The fourth-order valence-corrected chi connectivity index (χ4v) is 1.11. The molecule has 0 aliphatic rings. The maximum atomic E-state index is 12.3. The fraction of sp³-hybridized carbons (Fsp3) is 0.500. The lowest BCUT2D eigenvalue weighted by Gasteiger charge is -2.07. The number of rotatable bonds is 2. The van der Waals surface area contributed by atoms with E-state index in [2.05, 4.69) is 5.10 Å². The third kappa shape index (κ3) is 2.34. The zero-order chi connectivity index (χ0) is 10.9. The average Bonchev–Trinajstić information content (AvgIpc) is 2.28. The van der Waals surface area contributed by atoms with Crippen LogP contribution in [0.1, 0.15) is 18.3 Å². The summed E-state index contributed by atoms with van der Waals surface area (Å²) in [7, 11) is 0. The van der Waals surface area contributed by atoms with E-state index >= 15 is 0 Å². The van der Waals surface area contributed by atoms with Crippen molar-refractivity contribution in [3.8, 4) is 0 Å². The van der Waals surface area contributed by atoms with Gasteiger partial charge in [-0.3, -0.25) is 9.48 Å². The van der Waals surface area contributed by atoms with Crippen molar-refractivity contribution in [3.05, 3.63) is 17.5 Å².